The number of methoxy groups -OCH3 is 1. The van der Waals surface area contributed by atoms with Gasteiger partial charge < -0.3 is 4.74 Å². The molecule has 112 valence electrons. The molecule has 0 aliphatic rings. The first-order valence-electron chi connectivity index (χ1n) is 6.60. The first-order chi connectivity index (χ1) is 10.1. The van der Waals surface area contributed by atoms with E-state index in [9.17, 15) is 4.39 Å². The van der Waals surface area contributed by atoms with Crippen molar-refractivity contribution in [3.63, 3.8) is 0 Å². The van der Waals surface area contributed by atoms with E-state index in [0.717, 1.165) is 22.4 Å². The van der Waals surface area contributed by atoms with E-state index in [4.69, 9.17) is 10.6 Å². The summed E-state index contributed by atoms with van der Waals surface area (Å²) in [6.45, 7) is 1.98. The average Bonchev–Trinajstić information content (AvgIpc) is 2.49. The third-order valence-corrected chi connectivity index (χ3v) is 4.38. The summed E-state index contributed by atoms with van der Waals surface area (Å²) in [5.74, 6) is 6.21. The lowest BCUT2D eigenvalue weighted by Gasteiger charge is -2.19. The van der Waals surface area contributed by atoms with Gasteiger partial charge in [-0.2, -0.15) is 0 Å². The summed E-state index contributed by atoms with van der Waals surface area (Å²) in [4.78, 5) is 0. The molecule has 2 aromatic carbocycles. The maximum atomic E-state index is 13.6. The van der Waals surface area contributed by atoms with Crippen molar-refractivity contribution < 1.29 is 9.13 Å². The van der Waals surface area contributed by atoms with Crippen molar-refractivity contribution in [2.24, 2.45) is 5.84 Å². The summed E-state index contributed by atoms with van der Waals surface area (Å²) in [5, 5.41) is 0. The van der Waals surface area contributed by atoms with Gasteiger partial charge in [0.05, 0.1) is 17.6 Å². The maximum Gasteiger partial charge on any atom is 0.137 e. The van der Waals surface area contributed by atoms with Gasteiger partial charge in [-0.1, -0.05) is 24.3 Å². The number of aryl methyl sites for hydroxylation is 1. The number of hydrogen-bond donors (Lipinski definition) is 2. The molecule has 2 aromatic rings. The molecule has 0 amide bonds. The minimum absolute atomic E-state index is 0.127. The zero-order chi connectivity index (χ0) is 15.4. The molecule has 1 unspecified atom stereocenters. The Hall–Kier alpha value is -1.43. The van der Waals surface area contributed by atoms with E-state index in [1.54, 1.807) is 13.2 Å². The topological polar surface area (TPSA) is 47.3 Å². The average molecular weight is 353 g/mol. The lowest BCUT2D eigenvalue weighted by atomic mass is 9.98. The van der Waals surface area contributed by atoms with Crippen LogP contribution in [-0.4, -0.2) is 7.11 Å². The molecular formula is C16H18BrFN2O. The molecule has 0 radical (unpaired) electrons. The Morgan fingerprint density at radius 1 is 1.33 bits per heavy atom. The van der Waals surface area contributed by atoms with Crippen LogP contribution in [0.15, 0.2) is 40.9 Å². The Bertz CT molecular complexity index is 634. The van der Waals surface area contributed by atoms with Crippen molar-refractivity contribution in [1.82, 2.24) is 5.43 Å². The van der Waals surface area contributed by atoms with Crippen molar-refractivity contribution in [1.29, 1.82) is 0 Å². The number of benzene rings is 2. The molecule has 0 aliphatic carbocycles. The van der Waals surface area contributed by atoms with Gasteiger partial charge in [0, 0.05) is 0 Å². The summed E-state index contributed by atoms with van der Waals surface area (Å²) in [7, 11) is 1.64. The third kappa shape index (κ3) is 3.61. The van der Waals surface area contributed by atoms with Crippen molar-refractivity contribution in [2.75, 3.05) is 7.11 Å². The molecule has 3 N–H and O–H groups in total. The molecular weight excluding hydrogens is 335 g/mol. The minimum atomic E-state index is -0.273. The van der Waals surface area contributed by atoms with Crippen LogP contribution in [0.2, 0.25) is 0 Å². The fraction of sp³-hybridized carbons (Fsp3) is 0.250. The second kappa shape index (κ2) is 7.02. The highest BCUT2D eigenvalue weighted by molar-refractivity contribution is 9.10. The fourth-order valence-electron chi connectivity index (χ4n) is 2.25. The molecule has 0 spiro atoms. The van der Waals surface area contributed by atoms with Gasteiger partial charge >= 0.3 is 0 Å². The van der Waals surface area contributed by atoms with Crippen molar-refractivity contribution in [3.05, 3.63) is 63.4 Å². The van der Waals surface area contributed by atoms with Crippen molar-refractivity contribution in [2.45, 2.75) is 19.4 Å². The zero-order valence-electron chi connectivity index (χ0n) is 12.0. The largest absolute Gasteiger partial charge is 0.496 e. The number of halogens is 2. The first kappa shape index (κ1) is 15.9. The van der Waals surface area contributed by atoms with Gasteiger partial charge in [0.2, 0.25) is 0 Å². The van der Waals surface area contributed by atoms with E-state index in [1.165, 1.54) is 6.07 Å². The lowest BCUT2D eigenvalue weighted by molar-refractivity contribution is 0.409. The zero-order valence-corrected chi connectivity index (χ0v) is 13.6. The van der Waals surface area contributed by atoms with E-state index >= 15 is 0 Å². The number of hydrogen-bond acceptors (Lipinski definition) is 3. The molecule has 0 aromatic heterocycles. The predicted octanol–water partition coefficient (Wildman–Crippen LogP) is 3.65. The molecule has 1 atom stereocenters. The highest BCUT2D eigenvalue weighted by atomic mass is 79.9. The van der Waals surface area contributed by atoms with E-state index in [0.29, 0.717) is 10.9 Å². The maximum absolute atomic E-state index is 13.6. The number of ether oxygens (including phenoxy) is 1. The molecule has 0 heterocycles. The molecule has 0 bridgehead atoms. The second-order valence-corrected chi connectivity index (χ2v) is 5.66. The summed E-state index contributed by atoms with van der Waals surface area (Å²) in [6.07, 6.45) is 0.570. The van der Waals surface area contributed by atoms with Crippen molar-refractivity contribution >= 4 is 15.9 Å². The monoisotopic (exact) mass is 352 g/mol. The Kier molecular flexibility index (Phi) is 5.33. The van der Waals surface area contributed by atoms with Gasteiger partial charge in [-0.05, 0) is 58.1 Å². The molecule has 0 fully saturated rings. The summed E-state index contributed by atoms with van der Waals surface area (Å²) < 4.78 is 19.4. The van der Waals surface area contributed by atoms with E-state index in [1.807, 2.05) is 31.2 Å². The molecule has 21 heavy (non-hydrogen) atoms. The van der Waals surface area contributed by atoms with Crippen LogP contribution in [0.1, 0.15) is 22.7 Å². The van der Waals surface area contributed by atoms with E-state index < -0.39 is 0 Å². The van der Waals surface area contributed by atoms with Gasteiger partial charge in [-0.3, -0.25) is 11.3 Å². The molecule has 3 nitrogen and oxygen atoms in total. The Labute approximate surface area is 132 Å². The first-order valence-corrected chi connectivity index (χ1v) is 7.39. The van der Waals surface area contributed by atoms with Crippen LogP contribution in [0, 0.1) is 12.7 Å². The highest BCUT2D eigenvalue weighted by Gasteiger charge is 2.15. The standard InChI is InChI=1S/C16H18BrFN2O/c1-10-6-7-11(9-15(10)21-2)14(20-19)8-12-4-3-5-13(18)16(12)17/h3-7,9,14,20H,8,19H2,1-2H3. The Morgan fingerprint density at radius 2 is 2.10 bits per heavy atom. The van der Waals surface area contributed by atoms with Crippen LogP contribution < -0.4 is 16.0 Å². The summed E-state index contributed by atoms with van der Waals surface area (Å²) in [5.41, 5.74) is 5.70. The lowest BCUT2D eigenvalue weighted by Crippen LogP contribution is -2.29. The molecule has 2 rings (SSSR count). The Morgan fingerprint density at radius 3 is 2.76 bits per heavy atom. The van der Waals surface area contributed by atoms with Gasteiger partial charge in [0.15, 0.2) is 0 Å². The number of rotatable bonds is 5. The molecule has 0 saturated heterocycles. The fourth-order valence-corrected chi connectivity index (χ4v) is 2.68. The van der Waals surface area contributed by atoms with Crippen LogP contribution in [0.5, 0.6) is 5.75 Å². The van der Waals surface area contributed by atoms with Crippen LogP contribution in [0.25, 0.3) is 0 Å². The molecule has 0 aliphatic heterocycles. The predicted molar refractivity (Wildman–Crippen MR) is 85.6 cm³/mol. The minimum Gasteiger partial charge on any atom is -0.496 e. The number of hydrazine groups is 1. The van der Waals surface area contributed by atoms with Crippen LogP contribution in [0.3, 0.4) is 0 Å². The molecule has 0 saturated carbocycles. The van der Waals surface area contributed by atoms with Crippen LogP contribution in [0.4, 0.5) is 4.39 Å². The van der Waals surface area contributed by atoms with Crippen LogP contribution >= 0.6 is 15.9 Å². The van der Waals surface area contributed by atoms with E-state index in [-0.39, 0.29) is 11.9 Å². The quantitative estimate of drug-likeness (QED) is 0.637. The second-order valence-electron chi connectivity index (χ2n) is 4.87. The van der Waals surface area contributed by atoms with E-state index in [2.05, 4.69) is 21.4 Å². The normalized spacial score (nSPS) is 12.2. The smallest absolute Gasteiger partial charge is 0.137 e. The summed E-state index contributed by atoms with van der Waals surface area (Å²) >= 11 is 3.28. The summed E-state index contributed by atoms with van der Waals surface area (Å²) in [6, 6.07) is 10.8. The highest BCUT2D eigenvalue weighted by Crippen LogP contribution is 2.28. The van der Waals surface area contributed by atoms with Crippen molar-refractivity contribution in [3.8, 4) is 5.75 Å². The van der Waals surface area contributed by atoms with Gasteiger partial charge in [-0.15, -0.1) is 0 Å². The number of nitrogens with two attached hydrogens (primary N) is 1. The Balaban J connectivity index is 2.30. The SMILES string of the molecule is COc1cc(C(Cc2cccc(F)c2Br)NN)ccc1C. The van der Waals surface area contributed by atoms with Gasteiger partial charge in [0.1, 0.15) is 11.6 Å². The molecule has 5 heteroatoms. The van der Waals surface area contributed by atoms with Gasteiger partial charge in [0.25, 0.3) is 0 Å². The van der Waals surface area contributed by atoms with Gasteiger partial charge in [-0.25, -0.2) is 4.39 Å². The third-order valence-electron chi connectivity index (χ3n) is 3.49. The number of nitrogens with one attached hydrogen (secondary N) is 1. The van der Waals surface area contributed by atoms with Crippen LogP contribution in [-0.2, 0) is 6.42 Å².